The van der Waals surface area contributed by atoms with Crippen LogP contribution in [-0.2, 0) is 9.59 Å². The third-order valence-electron chi connectivity index (χ3n) is 5.22. The van der Waals surface area contributed by atoms with Crippen molar-refractivity contribution < 1.29 is 9.59 Å². The molecule has 124 valence electrons. The minimum Gasteiger partial charge on any atom is -0.353 e. The Morgan fingerprint density at radius 2 is 2.00 bits per heavy atom. The van der Waals surface area contributed by atoms with Gasteiger partial charge >= 0.3 is 0 Å². The molecule has 3 heterocycles. The molecule has 3 aliphatic rings. The Morgan fingerprint density at radius 1 is 1.32 bits per heavy atom. The van der Waals surface area contributed by atoms with E-state index in [0.29, 0.717) is 31.6 Å². The van der Waals surface area contributed by atoms with Gasteiger partial charge in [0.15, 0.2) is 0 Å². The minimum absolute atomic E-state index is 0.0759. The monoisotopic (exact) mass is 308 g/mol. The van der Waals surface area contributed by atoms with E-state index >= 15 is 0 Å². The zero-order chi connectivity index (χ0) is 15.7. The number of likely N-dealkylation sites (tertiary alicyclic amines) is 1. The van der Waals surface area contributed by atoms with Gasteiger partial charge in [0.25, 0.3) is 0 Å². The Balaban J connectivity index is 1.47. The first-order valence-corrected chi connectivity index (χ1v) is 8.50. The Hall–Kier alpha value is -1.14. The standard InChI is InChI=1S/C16H28N4O2/c1-19(2)5-6-20-10-11(7-15(20)21)16(22)18-14-8-12-3-4-13(9-14)17-12/h11-14,17H,3-10H2,1-2H3,(H,18,22). The van der Waals surface area contributed by atoms with Crippen LogP contribution < -0.4 is 10.6 Å². The lowest BCUT2D eigenvalue weighted by Gasteiger charge is -2.30. The summed E-state index contributed by atoms with van der Waals surface area (Å²) in [6.45, 7) is 2.14. The number of carbonyl (C=O) groups is 2. The number of fused-ring (bicyclic) bond motifs is 2. The third kappa shape index (κ3) is 3.60. The topological polar surface area (TPSA) is 64.7 Å². The lowest BCUT2D eigenvalue weighted by Crippen LogP contribution is -2.49. The second-order valence-corrected chi connectivity index (χ2v) is 7.36. The highest BCUT2D eigenvalue weighted by molar-refractivity contribution is 5.89. The van der Waals surface area contributed by atoms with Gasteiger partial charge in [0.05, 0.1) is 5.92 Å². The third-order valence-corrected chi connectivity index (χ3v) is 5.22. The first-order chi connectivity index (χ1) is 10.5. The van der Waals surface area contributed by atoms with Gasteiger partial charge < -0.3 is 20.4 Å². The van der Waals surface area contributed by atoms with Crippen molar-refractivity contribution in [1.82, 2.24) is 20.4 Å². The second kappa shape index (κ2) is 6.54. The molecule has 2 bridgehead atoms. The van der Waals surface area contributed by atoms with E-state index in [1.165, 1.54) is 12.8 Å². The summed E-state index contributed by atoms with van der Waals surface area (Å²) in [5, 5.41) is 6.79. The molecule has 2 N–H and O–H groups in total. The van der Waals surface area contributed by atoms with Gasteiger partial charge in [0.1, 0.15) is 0 Å². The molecule has 3 unspecified atom stereocenters. The molecule has 0 aromatic carbocycles. The molecule has 3 atom stereocenters. The average Bonchev–Trinajstić information content (AvgIpc) is 2.99. The van der Waals surface area contributed by atoms with E-state index in [1.54, 1.807) is 0 Å². The van der Waals surface area contributed by atoms with E-state index in [9.17, 15) is 9.59 Å². The number of nitrogens with one attached hydrogen (secondary N) is 2. The van der Waals surface area contributed by atoms with Crippen molar-refractivity contribution in [2.45, 2.75) is 50.2 Å². The van der Waals surface area contributed by atoms with Crippen LogP contribution >= 0.6 is 0 Å². The number of piperidine rings is 1. The highest BCUT2D eigenvalue weighted by Gasteiger charge is 2.38. The van der Waals surface area contributed by atoms with Gasteiger partial charge in [-0.25, -0.2) is 0 Å². The van der Waals surface area contributed by atoms with Crippen LogP contribution in [0.3, 0.4) is 0 Å². The number of carbonyl (C=O) groups excluding carboxylic acids is 2. The van der Waals surface area contributed by atoms with Crippen LogP contribution in [0.15, 0.2) is 0 Å². The summed E-state index contributed by atoms with van der Waals surface area (Å²) in [5.41, 5.74) is 0. The number of rotatable bonds is 5. The van der Waals surface area contributed by atoms with Crippen molar-refractivity contribution >= 4 is 11.8 Å². The van der Waals surface area contributed by atoms with Gasteiger partial charge in [-0.2, -0.15) is 0 Å². The van der Waals surface area contributed by atoms with Gasteiger partial charge in [-0.15, -0.1) is 0 Å². The summed E-state index contributed by atoms with van der Waals surface area (Å²) < 4.78 is 0. The normalized spacial score (nSPS) is 34.5. The van der Waals surface area contributed by atoms with Gasteiger partial charge in [0.2, 0.25) is 11.8 Å². The zero-order valence-electron chi connectivity index (χ0n) is 13.7. The molecule has 2 amide bonds. The van der Waals surface area contributed by atoms with E-state index in [2.05, 4.69) is 15.5 Å². The van der Waals surface area contributed by atoms with Crippen LogP contribution in [0.2, 0.25) is 0 Å². The van der Waals surface area contributed by atoms with Crippen molar-refractivity contribution in [2.75, 3.05) is 33.7 Å². The molecule has 0 aromatic heterocycles. The molecule has 0 aromatic rings. The van der Waals surface area contributed by atoms with E-state index in [4.69, 9.17) is 0 Å². The Morgan fingerprint density at radius 3 is 2.64 bits per heavy atom. The van der Waals surface area contributed by atoms with Crippen molar-refractivity contribution in [2.24, 2.45) is 5.92 Å². The quantitative estimate of drug-likeness (QED) is 0.738. The summed E-state index contributed by atoms with van der Waals surface area (Å²) in [5.74, 6) is 0.0292. The highest BCUT2D eigenvalue weighted by atomic mass is 16.2. The number of amides is 2. The molecule has 0 radical (unpaired) electrons. The molecular weight excluding hydrogens is 280 g/mol. The number of nitrogens with zero attached hydrogens (tertiary/aromatic N) is 2. The summed E-state index contributed by atoms with van der Waals surface area (Å²) in [6.07, 6.45) is 4.91. The van der Waals surface area contributed by atoms with Crippen molar-refractivity contribution in [1.29, 1.82) is 0 Å². The number of hydrogen-bond acceptors (Lipinski definition) is 4. The van der Waals surface area contributed by atoms with Crippen LogP contribution in [0.1, 0.15) is 32.1 Å². The van der Waals surface area contributed by atoms with E-state index in [0.717, 1.165) is 19.4 Å². The van der Waals surface area contributed by atoms with Crippen molar-refractivity contribution in [3.63, 3.8) is 0 Å². The van der Waals surface area contributed by atoms with Crippen molar-refractivity contribution in [3.8, 4) is 0 Å². The highest BCUT2D eigenvalue weighted by Crippen LogP contribution is 2.27. The largest absolute Gasteiger partial charge is 0.353 e. The lowest BCUT2D eigenvalue weighted by atomic mass is 9.98. The van der Waals surface area contributed by atoms with E-state index in [1.807, 2.05) is 19.0 Å². The molecule has 3 aliphatic heterocycles. The van der Waals surface area contributed by atoms with Crippen LogP contribution in [0.5, 0.6) is 0 Å². The van der Waals surface area contributed by atoms with Crippen LogP contribution in [0.4, 0.5) is 0 Å². The Bertz CT molecular complexity index is 428. The van der Waals surface area contributed by atoms with Crippen LogP contribution in [0, 0.1) is 5.92 Å². The van der Waals surface area contributed by atoms with Gasteiger partial charge in [-0.1, -0.05) is 0 Å². The zero-order valence-corrected chi connectivity index (χ0v) is 13.7. The Kier molecular flexibility index (Phi) is 4.68. The van der Waals surface area contributed by atoms with E-state index in [-0.39, 0.29) is 23.8 Å². The summed E-state index contributed by atoms with van der Waals surface area (Å²) in [4.78, 5) is 28.4. The smallest absolute Gasteiger partial charge is 0.225 e. The number of hydrogen-bond donors (Lipinski definition) is 2. The molecule has 3 fully saturated rings. The summed E-state index contributed by atoms with van der Waals surface area (Å²) >= 11 is 0. The van der Waals surface area contributed by atoms with Gasteiger partial charge in [-0.05, 0) is 39.8 Å². The molecule has 3 saturated heterocycles. The predicted octanol–water partition coefficient (Wildman–Crippen LogP) is -0.204. The van der Waals surface area contributed by atoms with Crippen LogP contribution in [0.25, 0.3) is 0 Å². The molecular formula is C16H28N4O2. The maximum atomic E-state index is 12.5. The molecule has 0 saturated carbocycles. The summed E-state index contributed by atoms with van der Waals surface area (Å²) in [6, 6.07) is 1.44. The minimum atomic E-state index is -0.165. The predicted molar refractivity (Wildman–Crippen MR) is 84.4 cm³/mol. The first kappa shape index (κ1) is 15.7. The second-order valence-electron chi connectivity index (χ2n) is 7.36. The molecule has 22 heavy (non-hydrogen) atoms. The van der Waals surface area contributed by atoms with E-state index < -0.39 is 0 Å². The average molecular weight is 308 g/mol. The summed E-state index contributed by atoms with van der Waals surface area (Å²) in [7, 11) is 3.99. The first-order valence-electron chi connectivity index (χ1n) is 8.50. The fourth-order valence-electron chi connectivity index (χ4n) is 3.98. The Labute approximate surface area is 132 Å². The van der Waals surface area contributed by atoms with Crippen LogP contribution in [-0.4, -0.2) is 73.5 Å². The number of likely N-dealkylation sites (N-methyl/N-ethyl adjacent to an activating group) is 1. The fraction of sp³-hybridized carbons (Fsp3) is 0.875. The fourth-order valence-corrected chi connectivity index (χ4v) is 3.98. The maximum Gasteiger partial charge on any atom is 0.225 e. The van der Waals surface area contributed by atoms with Gasteiger partial charge in [-0.3, -0.25) is 9.59 Å². The SMILES string of the molecule is CN(C)CCN1CC(C(=O)NC2CC3CCC(C2)N3)CC1=O. The molecule has 0 spiro atoms. The maximum absolute atomic E-state index is 12.5. The lowest BCUT2D eigenvalue weighted by molar-refractivity contribution is -0.129. The molecule has 6 heteroatoms. The molecule has 0 aliphatic carbocycles. The van der Waals surface area contributed by atoms with Crippen molar-refractivity contribution in [3.05, 3.63) is 0 Å². The molecule has 3 rings (SSSR count). The molecule has 6 nitrogen and oxygen atoms in total. The van der Waals surface area contributed by atoms with Gasteiger partial charge in [0, 0.05) is 44.2 Å².